The van der Waals surface area contributed by atoms with E-state index in [2.05, 4.69) is 49.7 Å². The number of rotatable bonds is 10. The maximum Gasteiger partial charge on any atom is 0.260 e. The number of amides is 1. The van der Waals surface area contributed by atoms with Gasteiger partial charge in [0.15, 0.2) is 0 Å². The van der Waals surface area contributed by atoms with Crippen LogP contribution in [0.5, 0.6) is 5.75 Å². The number of hydrazine groups is 2. The molecule has 0 saturated carbocycles. The smallest absolute Gasteiger partial charge is 0.260 e. The number of benzene rings is 2. The zero-order valence-corrected chi connectivity index (χ0v) is 21.2. The zero-order valence-electron chi connectivity index (χ0n) is 18.8. The Kier molecular flexibility index (Phi) is 8.59. The number of nitrogens with zero attached hydrogens (tertiary/aromatic N) is 3. The number of ether oxygens (including phenoxy) is 1. The summed E-state index contributed by atoms with van der Waals surface area (Å²) < 4.78 is 9.01. The van der Waals surface area contributed by atoms with Crippen LogP contribution in [0.25, 0.3) is 0 Å². The maximum absolute atomic E-state index is 12.6. The summed E-state index contributed by atoms with van der Waals surface area (Å²) in [7, 11) is 0. The molecule has 0 radical (unpaired) electrons. The van der Waals surface area contributed by atoms with Gasteiger partial charge in [-0.3, -0.25) is 9.78 Å². The number of halogens is 1. The fourth-order valence-corrected chi connectivity index (χ4v) is 4.58. The van der Waals surface area contributed by atoms with Crippen molar-refractivity contribution in [3.63, 3.8) is 0 Å². The second-order valence-electron chi connectivity index (χ2n) is 7.55. The summed E-state index contributed by atoms with van der Waals surface area (Å²) in [6.45, 7) is 4.36. The quantitative estimate of drug-likeness (QED) is 0.359. The van der Waals surface area contributed by atoms with E-state index < -0.39 is 0 Å². The van der Waals surface area contributed by atoms with Gasteiger partial charge in [-0.1, -0.05) is 63.8 Å². The first-order chi connectivity index (χ1) is 16.6. The van der Waals surface area contributed by atoms with Gasteiger partial charge in [-0.2, -0.15) is 0 Å². The monoisotopic (exact) mass is 539 g/mol. The van der Waals surface area contributed by atoms with Crippen LogP contribution in [0.4, 0.5) is 0 Å². The van der Waals surface area contributed by atoms with Crippen molar-refractivity contribution in [2.75, 3.05) is 6.54 Å². The average Bonchev–Trinajstić information content (AvgIpc) is 3.37. The number of carbonyl (C=O) groups excluding carboxylic acids is 1. The number of nitrogens with one attached hydrogen (secondary N) is 2. The van der Waals surface area contributed by atoms with E-state index >= 15 is 0 Å². The van der Waals surface area contributed by atoms with E-state index in [0.717, 1.165) is 33.5 Å². The largest absolute Gasteiger partial charge is 0.489 e. The third kappa shape index (κ3) is 6.60. The Labute approximate surface area is 212 Å². The first-order valence-electron chi connectivity index (χ1n) is 10.9. The van der Waals surface area contributed by atoms with Crippen LogP contribution in [0, 0.1) is 0 Å². The van der Waals surface area contributed by atoms with E-state index in [1.165, 1.54) is 11.9 Å². The minimum Gasteiger partial charge on any atom is -0.489 e. The molecule has 2 N–H and O–H groups in total. The van der Waals surface area contributed by atoms with E-state index in [9.17, 15) is 4.79 Å². The molecule has 1 amide bonds. The van der Waals surface area contributed by atoms with Crippen LogP contribution in [0.2, 0.25) is 0 Å². The molecule has 9 heteroatoms. The lowest BCUT2D eigenvalue weighted by atomic mass is 10.2. The standard InChI is InChI=1S/C25H26BrN5O2S/c1-2-30(31-29-16-24(34-31)25(32)28-15-20-9-6-12-27-14-20)17-21-13-22(26)10-11-23(21)33-18-19-7-4-3-5-8-19/h3-14,16,29H,2,15,17-18H2,1H3,(H,28,32). The molecule has 0 bridgehead atoms. The molecule has 0 atom stereocenters. The van der Waals surface area contributed by atoms with Crippen molar-refractivity contribution in [3.05, 3.63) is 105 Å². The van der Waals surface area contributed by atoms with Crippen molar-refractivity contribution in [3.8, 4) is 5.75 Å². The van der Waals surface area contributed by atoms with Crippen LogP contribution < -0.4 is 15.5 Å². The molecule has 2 heterocycles. The highest BCUT2D eigenvalue weighted by Crippen LogP contribution is 2.30. The topological polar surface area (TPSA) is 69.7 Å². The number of carbonyl (C=O) groups is 1. The van der Waals surface area contributed by atoms with Crippen LogP contribution in [-0.4, -0.2) is 27.0 Å². The molecule has 176 valence electrons. The molecule has 0 fully saturated rings. The van der Waals surface area contributed by atoms with Gasteiger partial charge in [0.2, 0.25) is 0 Å². The molecule has 0 spiro atoms. The Bertz CT molecular complexity index is 1130. The van der Waals surface area contributed by atoms with E-state index in [1.807, 2.05) is 59.1 Å². The Morgan fingerprint density at radius 1 is 1.18 bits per heavy atom. The first kappa shape index (κ1) is 24.3. The van der Waals surface area contributed by atoms with Gasteiger partial charge in [0.1, 0.15) is 17.3 Å². The number of aromatic nitrogens is 1. The van der Waals surface area contributed by atoms with Crippen LogP contribution >= 0.6 is 27.9 Å². The van der Waals surface area contributed by atoms with Gasteiger partial charge in [-0.25, -0.2) is 5.01 Å². The predicted molar refractivity (Wildman–Crippen MR) is 138 cm³/mol. The summed E-state index contributed by atoms with van der Waals surface area (Å²) in [5.74, 6) is 0.700. The molecule has 34 heavy (non-hydrogen) atoms. The third-order valence-corrected chi connectivity index (χ3v) is 6.63. The number of hydrogen-bond donors (Lipinski definition) is 2. The van der Waals surface area contributed by atoms with Crippen molar-refractivity contribution in [1.29, 1.82) is 0 Å². The van der Waals surface area contributed by atoms with Crippen molar-refractivity contribution in [1.82, 2.24) is 25.3 Å². The Morgan fingerprint density at radius 3 is 2.76 bits per heavy atom. The van der Waals surface area contributed by atoms with Crippen LogP contribution in [-0.2, 0) is 24.5 Å². The van der Waals surface area contributed by atoms with E-state index in [1.54, 1.807) is 18.6 Å². The lowest BCUT2D eigenvalue weighted by Crippen LogP contribution is -2.41. The summed E-state index contributed by atoms with van der Waals surface area (Å²) in [5, 5.41) is 5.05. The highest BCUT2D eigenvalue weighted by molar-refractivity contribution is 9.10. The highest BCUT2D eigenvalue weighted by atomic mass is 79.9. The zero-order chi connectivity index (χ0) is 23.8. The van der Waals surface area contributed by atoms with Gasteiger partial charge in [0.05, 0.1) is 0 Å². The Hall–Kier alpha value is -2.85. The van der Waals surface area contributed by atoms with Crippen LogP contribution in [0.1, 0.15) is 23.6 Å². The lowest BCUT2D eigenvalue weighted by Gasteiger charge is -2.29. The van der Waals surface area contributed by atoms with E-state index in [0.29, 0.717) is 24.6 Å². The molecule has 1 aliphatic heterocycles. The molecular weight excluding hydrogens is 514 g/mol. The summed E-state index contributed by atoms with van der Waals surface area (Å²) in [6, 6.07) is 19.9. The number of hydrogen-bond acceptors (Lipinski definition) is 7. The first-order valence-corrected chi connectivity index (χ1v) is 12.5. The molecule has 0 saturated heterocycles. The molecular formula is C25H26BrN5O2S. The van der Waals surface area contributed by atoms with Gasteiger partial charge in [-0.05, 0) is 35.4 Å². The molecule has 2 aromatic carbocycles. The van der Waals surface area contributed by atoms with Gasteiger partial charge >= 0.3 is 0 Å². The maximum atomic E-state index is 12.6. The molecule has 3 aromatic rings. The average molecular weight is 540 g/mol. The Morgan fingerprint density at radius 2 is 2.00 bits per heavy atom. The number of pyridine rings is 1. The molecule has 7 nitrogen and oxygen atoms in total. The highest BCUT2D eigenvalue weighted by Gasteiger charge is 2.26. The van der Waals surface area contributed by atoms with Gasteiger partial charge in [0.25, 0.3) is 5.91 Å². The second-order valence-corrected chi connectivity index (χ2v) is 9.44. The summed E-state index contributed by atoms with van der Waals surface area (Å²) in [5.41, 5.74) is 6.30. The van der Waals surface area contributed by atoms with Crippen LogP contribution in [0.15, 0.2) is 88.6 Å². The summed E-state index contributed by atoms with van der Waals surface area (Å²) >= 11 is 4.93. The van der Waals surface area contributed by atoms with E-state index in [-0.39, 0.29) is 5.91 Å². The minimum absolute atomic E-state index is 0.130. The SMILES string of the molecule is CCN(Cc1cc(Br)ccc1OCc1ccccc1)N1NC=C(C(=O)NCc2cccnc2)S1. The second kappa shape index (κ2) is 12.0. The van der Waals surface area contributed by atoms with Gasteiger partial charge in [0, 0.05) is 60.2 Å². The third-order valence-electron chi connectivity index (χ3n) is 5.13. The normalized spacial score (nSPS) is 13.4. The lowest BCUT2D eigenvalue weighted by molar-refractivity contribution is -0.116. The Balaban J connectivity index is 1.36. The molecule has 0 unspecified atom stereocenters. The molecule has 4 rings (SSSR count). The summed E-state index contributed by atoms with van der Waals surface area (Å²) in [6.07, 6.45) is 5.18. The molecule has 0 aliphatic carbocycles. The fraction of sp³-hybridized carbons (Fsp3) is 0.200. The van der Waals surface area contributed by atoms with Crippen molar-refractivity contribution in [2.45, 2.75) is 26.6 Å². The predicted octanol–water partition coefficient (Wildman–Crippen LogP) is 4.79. The van der Waals surface area contributed by atoms with E-state index in [4.69, 9.17) is 4.74 Å². The fourth-order valence-electron chi connectivity index (χ4n) is 3.33. The minimum atomic E-state index is -0.130. The van der Waals surface area contributed by atoms with Crippen LogP contribution in [0.3, 0.4) is 0 Å². The molecule has 1 aromatic heterocycles. The van der Waals surface area contributed by atoms with Crippen molar-refractivity contribution >= 4 is 33.8 Å². The van der Waals surface area contributed by atoms with Crippen molar-refractivity contribution in [2.24, 2.45) is 0 Å². The summed E-state index contributed by atoms with van der Waals surface area (Å²) in [4.78, 5) is 17.3. The molecule has 1 aliphatic rings. The van der Waals surface area contributed by atoms with Gasteiger partial charge < -0.3 is 15.5 Å². The van der Waals surface area contributed by atoms with Gasteiger partial charge in [-0.15, -0.1) is 0 Å². The van der Waals surface area contributed by atoms with Crippen molar-refractivity contribution < 1.29 is 9.53 Å².